The molecule has 22 heavy (non-hydrogen) atoms. The van der Waals surface area contributed by atoms with Gasteiger partial charge in [0, 0.05) is 19.0 Å². The minimum Gasteiger partial charge on any atom is -0.388 e. The van der Waals surface area contributed by atoms with E-state index >= 15 is 0 Å². The summed E-state index contributed by atoms with van der Waals surface area (Å²) in [5.41, 5.74) is 2.41. The first-order valence-corrected chi connectivity index (χ1v) is 8.52. The third-order valence-corrected chi connectivity index (χ3v) is 4.93. The Hall–Kier alpha value is -1.55. The zero-order valence-corrected chi connectivity index (χ0v) is 13.4. The van der Waals surface area contributed by atoms with Crippen LogP contribution >= 0.6 is 0 Å². The van der Waals surface area contributed by atoms with E-state index in [1.807, 2.05) is 0 Å². The Kier molecular flexibility index (Phi) is 4.67. The number of aryl methyl sites for hydroxylation is 1. The van der Waals surface area contributed by atoms with Crippen molar-refractivity contribution in [2.75, 3.05) is 19.6 Å². The number of rotatable bonds is 5. The fourth-order valence-corrected chi connectivity index (χ4v) is 3.39. The van der Waals surface area contributed by atoms with E-state index in [1.165, 1.54) is 24.0 Å². The predicted molar refractivity (Wildman–Crippen MR) is 90.3 cm³/mol. The summed E-state index contributed by atoms with van der Waals surface area (Å²) in [6.07, 6.45) is 5.26. The van der Waals surface area contributed by atoms with Gasteiger partial charge < -0.3 is 15.7 Å². The number of hydrogen-bond donors (Lipinski definition) is 3. The lowest BCUT2D eigenvalue weighted by Crippen LogP contribution is -2.43. The van der Waals surface area contributed by atoms with Gasteiger partial charge in [0.2, 0.25) is 0 Å². The molecule has 0 amide bonds. The summed E-state index contributed by atoms with van der Waals surface area (Å²) in [6, 6.07) is 8.73. The minimum absolute atomic E-state index is 0.504. The molecule has 3 N–H and O–H groups in total. The second-order valence-corrected chi connectivity index (χ2v) is 6.59. The second kappa shape index (κ2) is 6.69. The van der Waals surface area contributed by atoms with Crippen molar-refractivity contribution in [1.29, 1.82) is 0 Å². The Morgan fingerprint density at radius 1 is 1.32 bits per heavy atom. The maximum absolute atomic E-state index is 10.2. The molecule has 0 spiro atoms. The van der Waals surface area contributed by atoms with E-state index in [0.717, 1.165) is 38.3 Å². The van der Waals surface area contributed by atoms with Crippen LogP contribution in [0.4, 0.5) is 0 Å². The van der Waals surface area contributed by atoms with Gasteiger partial charge in [0.25, 0.3) is 0 Å². The van der Waals surface area contributed by atoms with Crippen LogP contribution in [0.25, 0.3) is 0 Å². The lowest BCUT2D eigenvalue weighted by atomic mass is 9.80. The van der Waals surface area contributed by atoms with Crippen LogP contribution in [0.2, 0.25) is 0 Å². The van der Waals surface area contributed by atoms with Gasteiger partial charge in [0.05, 0.1) is 12.1 Å². The Morgan fingerprint density at radius 3 is 2.86 bits per heavy atom. The van der Waals surface area contributed by atoms with Crippen LogP contribution in [0.5, 0.6) is 0 Å². The molecule has 0 aromatic heterocycles. The molecule has 120 valence electrons. The predicted octanol–water partition coefficient (Wildman–Crippen LogP) is 2.19. The maximum Gasteiger partial charge on any atom is 0.191 e. The maximum atomic E-state index is 10.2. The molecule has 1 saturated carbocycles. The average molecular weight is 301 g/mol. The highest BCUT2D eigenvalue weighted by molar-refractivity contribution is 5.79. The van der Waals surface area contributed by atoms with Crippen LogP contribution in [0.3, 0.4) is 0 Å². The molecule has 0 saturated heterocycles. The van der Waals surface area contributed by atoms with Crippen LogP contribution in [0, 0.1) is 0 Å². The van der Waals surface area contributed by atoms with E-state index in [4.69, 9.17) is 0 Å². The Labute approximate surface area is 133 Å². The van der Waals surface area contributed by atoms with Crippen LogP contribution in [0.1, 0.15) is 49.7 Å². The summed E-state index contributed by atoms with van der Waals surface area (Å²) >= 11 is 0. The van der Waals surface area contributed by atoms with Gasteiger partial charge >= 0.3 is 0 Å². The summed E-state index contributed by atoms with van der Waals surface area (Å²) in [4.78, 5) is 4.57. The van der Waals surface area contributed by atoms with Crippen molar-refractivity contribution >= 4 is 5.96 Å². The van der Waals surface area contributed by atoms with Crippen molar-refractivity contribution in [2.24, 2.45) is 4.99 Å². The number of nitrogens with one attached hydrogen (secondary N) is 2. The summed E-state index contributed by atoms with van der Waals surface area (Å²) in [5, 5.41) is 16.9. The topological polar surface area (TPSA) is 56.7 Å². The van der Waals surface area contributed by atoms with E-state index < -0.39 is 5.60 Å². The highest BCUT2D eigenvalue weighted by Gasteiger charge is 2.34. The van der Waals surface area contributed by atoms with Gasteiger partial charge in [-0.25, -0.2) is 0 Å². The lowest BCUT2D eigenvalue weighted by molar-refractivity contribution is -0.0236. The summed E-state index contributed by atoms with van der Waals surface area (Å²) in [7, 11) is 0. The lowest BCUT2D eigenvalue weighted by Gasteiger charge is -2.35. The first-order chi connectivity index (χ1) is 10.7. The minimum atomic E-state index is -0.553. The molecule has 0 heterocycles. The number of benzene rings is 1. The van der Waals surface area contributed by atoms with Gasteiger partial charge in [-0.15, -0.1) is 0 Å². The first-order valence-electron chi connectivity index (χ1n) is 8.52. The van der Waals surface area contributed by atoms with Crippen LogP contribution in [0.15, 0.2) is 29.3 Å². The smallest absolute Gasteiger partial charge is 0.191 e. The number of hydrogen-bond acceptors (Lipinski definition) is 2. The molecule has 1 unspecified atom stereocenters. The highest BCUT2D eigenvalue weighted by atomic mass is 16.3. The molecule has 0 aliphatic heterocycles. The molecule has 4 nitrogen and oxygen atoms in total. The summed E-state index contributed by atoms with van der Waals surface area (Å²) < 4.78 is 0. The van der Waals surface area contributed by atoms with E-state index in [1.54, 1.807) is 0 Å². The molecule has 1 aromatic rings. The molecule has 0 bridgehead atoms. The zero-order chi connectivity index (χ0) is 15.4. The van der Waals surface area contributed by atoms with Crippen molar-refractivity contribution in [1.82, 2.24) is 10.6 Å². The van der Waals surface area contributed by atoms with Gasteiger partial charge in [-0.3, -0.25) is 4.99 Å². The average Bonchev–Trinajstić information content (AvgIpc) is 2.91. The summed E-state index contributed by atoms with van der Waals surface area (Å²) in [5.74, 6) is 1.39. The van der Waals surface area contributed by atoms with Gasteiger partial charge in [0.15, 0.2) is 5.96 Å². The Morgan fingerprint density at radius 2 is 2.14 bits per heavy atom. The largest absolute Gasteiger partial charge is 0.388 e. The van der Waals surface area contributed by atoms with E-state index in [0.29, 0.717) is 12.5 Å². The van der Waals surface area contributed by atoms with Crippen molar-refractivity contribution in [3.63, 3.8) is 0 Å². The monoisotopic (exact) mass is 301 g/mol. The number of nitrogens with zero attached hydrogens (tertiary/aromatic N) is 1. The molecule has 1 fully saturated rings. The summed E-state index contributed by atoms with van der Waals surface area (Å²) in [6.45, 7) is 4.32. The second-order valence-electron chi connectivity index (χ2n) is 6.59. The molecule has 1 aromatic carbocycles. The van der Waals surface area contributed by atoms with Crippen LogP contribution in [-0.4, -0.2) is 36.3 Å². The normalized spacial score (nSPS) is 22.8. The fourth-order valence-electron chi connectivity index (χ4n) is 3.39. The van der Waals surface area contributed by atoms with Crippen LogP contribution in [-0.2, 0) is 6.42 Å². The standard InChI is InChI=1S/C18H27N3O/c1-2-19-17(21-13-18(22)10-5-11-18)20-12-15-9-8-14-6-3-4-7-16(14)15/h3-4,6-7,15,22H,2,5,8-13H2,1H3,(H2,19,20,21). The van der Waals surface area contributed by atoms with Crippen molar-refractivity contribution in [2.45, 2.75) is 50.5 Å². The molecular weight excluding hydrogens is 274 g/mol. The fraction of sp³-hybridized carbons (Fsp3) is 0.611. The van der Waals surface area contributed by atoms with E-state index in [-0.39, 0.29) is 0 Å². The molecule has 2 aliphatic rings. The molecular formula is C18H27N3O. The molecule has 2 aliphatic carbocycles. The van der Waals surface area contributed by atoms with Crippen molar-refractivity contribution in [3.05, 3.63) is 35.4 Å². The first kappa shape index (κ1) is 15.3. The molecule has 1 atom stereocenters. The van der Waals surface area contributed by atoms with Crippen LogP contribution < -0.4 is 10.6 Å². The third-order valence-electron chi connectivity index (χ3n) is 4.93. The SMILES string of the molecule is CCNC(=NCC1(O)CCC1)NCC1CCc2ccccc21. The van der Waals surface area contributed by atoms with E-state index in [2.05, 4.69) is 46.8 Å². The van der Waals surface area contributed by atoms with Gasteiger partial charge in [-0.2, -0.15) is 0 Å². The van der Waals surface area contributed by atoms with Gasteiger partial charge in [0.1, 0.15) is 0 Å². The highest BCUT2D eigenvalue weighted by Crippen LogP contribution is 2.32. The number of aliphatic imine (C=N–C) groups is 1. The number of aliphatic hydroxyl groups is 1. The number of fused-ring (bicyclic) bond motifs is 1. The number of guanidine groups is 1. The quantitative estimate of drug-likeness (QED) is 0.577. The van der Waals surface area contributed by atoms with E-state index in [9.17, 15) is 5.11 Å². The molecule has 3 rings (SSSR count). The Balaban J connectivity index is 1.57. The molecule has 4 heteroatoms. The Bertz CT molecular complexity index is 537. The molecule has 0 radical (unpaired) electrons. The zero-order valence-electron chi connectivity index (χ0n) is 13.4. The van der Waals surface area contributed by atoms with Crippen molar-refractivity contribution < 1.29 is 5.11 Å². The van der Waals surface area contributed by atoms with Gasteiger partial charge in [-0.05, 0) is 50.2 Å². The van der Waals surface area contributed by atoms with Crippen molar-refractivity contribution in [3.8, 4) is 0 Å². The van der Waals surface area contributed by atoms with Gasteiger partial charge in [-0.1, -0.05) is 24.3 Å². The third kappa shape index (κ3) is 3.43.